The van der Waals surface area contributed by atoms with Crippen LogP contribution in [0.1, 0.15) is 68.6 Å². The fourth-order valence-corrected chi connectivity index (χ4v) is 8.21. The molecule has 0 amide bonds. The van der Waals surface area contributed by atoms with E-state index in [1.54, 1.807) is 127 Å². The average Bonchev–Trinajstić information content (AvgIpc) is 3.21. The van der Waals surface area contributed by atoms with Gasteiger partial charge >= 0.3 is 23.9 Å². The maximum Gasteiger partial charge on any atom is 0.338 e. The number of carbonyl (C=O) groups excluding carboxylic acids is 4. The van der Waals surface area contributed by atoms with Crippen LogP contribution in [-0.2, 0) is 28.1 Å². The van der Waals surface area contributed by atoms with Crippen molar-refractivity contribution < 1.29 is 47.3 Å². The summed E-state index contributed by atoms with van der Waals surface area (Å²) in [5.41, 5.74) is -0.0587. The number of carbonyl (C=O) groups is 4. The lowest BCUT2D eigenvalue weighted by Gasteiger charge is -2.45. The van der Waals surface area contributed by atoms with E-state index in [0.29, 0.717) is 18.6 Å². The van der Waals surface area contributed by atoms with E-state index in [4.69, 9.17) is 28.1 Å². The highest BCUT2D eigenvalue weighted by Gasteiger charge is 2.54. The summed E-state index contributed by atoms with van der Waals surface area (Å²) in [4.78, 5) is 54.9. The minimum absolute atomic E-state index is 0.0637. The van der Waals surface area contributed by atoms with Gasteiger partial charge in [-0.25, -0.2) is 19.2 Å². The maximum absolute atomic E-state index is 13.9. The number of allylic oxidation sites excluding steroid dienone is 1. The van der Waals surface area contributed by atoms with Crippen molar-refractivity contribution in [2.45, 2.75) is 80.4 Å². The molecule has 1 aliphatic rings. The van der Waals surface area contributed by atoms with Crippen LogP contribution in [0.25, 0.3) is 0 Å². The zero-order valence-corrected chi connectivity index (χ0v) is 34.7. The van der Waals surface area contributed by atoms with Gasteiger partial charge in [0.2, 0.25) is 0 Å². The molecular weight excluding hydrogens is 761 g/mol. The van der Waals surface area contributed by atoms with Gasteiger partial charge in [0.15, 0.2) is 26.6 Å². The number of hydrogen-bond acceptors (Lipinski definition) is 11. The minimum Gasteiger partial charge on any atom is -0.459 e. The van der Waals surface area contributed by atoms with Crippen LogP contribution in [-0.4, -0.2) is 80.5 Å². The topological polar surface area (TPSA) is 124 Å². The average molecular weight is 811 g/mol. The molecule has 1 unspecified atom stereocenters. The first kappa shape index (κ1) is 43.1. The van der Waals surface area contributed by atoms with Gasteiger partial charge < -0.3 is 28.1 Å². The molecule has 1 heterocycles. The van der Waals surface area contributed by atoms with Crippen LogP contribution < -0.4 is 0 Å². The number of benzene rings is 4. The van der Waals surface area contributed by atoms with Gasteiger partial charge in [0.05, 0.1) is 22.3 Å². The van der Waals surface area contributed by atoms with E-state index in [2.05, 4.69) is 40.4 Å². The summed E-state index contributed by atoms with van der Waals surface area (Å²) in [6.45, 7) is 14.7. The molecule has 300 valence electrons. The molecule has 4 aromatic carbocycles. The standard InChI is InChI=1S/C45H50O10SSi/c1-7-20-35(29-51-57(5,6)45(2,3)4)56-44-39(55-43(49)34-27-18-11-19-28-34)38(54-42(48)33-25-16-10-17-26-33)37(53-41(47)32-23-14-9-15-24-32)36(52-44)30-50-40(46)31-21-12-8-13-22-31/h7-19,21-28,35-39,44H,1,20,29-30H2,2-6H3/t35?,36-,37+,38+,39-,44-/m1/s1. The van der Waals surface area contributed by atoms with Gasteiger partial charge in [-0.15, -0.1) is 18.3 Å². The predicted molar refractivity (Wildman–Crippen MR) is 222 cm³/mol. The molecule has 57 heavy (non-hydrogen) atoms. The van der Waals surface area contributed by atoms with Gasteiger partial charge in [0, 0.05) is 11.9 Å². The summed E-state index contributed by atoms with van der Waals surface area (Å²) in [6, 6.07) is 33.4. The van der Waals surface area contributed by atoms with Crippen molar-refractivity contribution in [2.75, 3.05) is 13.2 Å². The Morgan fingerprint density at radius 2 is 1.07 bits per heavy atom. The fraction of sp³-hybridized carbons (Fsp3) is 0.333. The van der Waals surface area contributed by atoms with Gasteiger partial charge in [-0.2, -0.15) is 0 Å². The molecule has 10 nitrogen and oxygen atoms in total. The lowest BCUT2D eigenvalue weighted by Crippen LogP contribution is -2.62. The zero-order chi connectivity index (χ0) is 41.0. The summed E-state index contributed by atoms with van der Waals surface area (Å²) >= 11 is 1.32. The first-order valence-electron chi connectivity index (χ1n) is 18.8. The quantitative estimate of drug-likeness (QED) is 0.0467. The highest BCUT2D eigenvalue weighted by atomic mass is 32.2. The number of thioether (sulfide) groups is 1. The van der Waals surface area contributed by atoms with E-state index in [9.17, 15) is 19.2 Å². The smallest absolute Gasteiger partial charge is 0.338 e. The normalized spacial score (nSPS) is 20.1. The van der Waals surface area contributed by atoms with E-state index in [1.807, 2.05) is 0 Å². The van der Waals surface area contributed by atoms with Crippen LogP contribution in [0.5, 0.6) is 0 Å². The zero-order valence-electron chi connectivity index (χ0n) is 32.9. The minimum atomic E-state index is -2.21. The number of esters is 4. The number of hydrogen-bond donors (Lipinski definition) is 0. The third-order valence-corrected chi connectivity index (χ3v) is 15.8. The summed E-state index contributed by atoms with van der Waals surface area (Å²) in [5, 5.41) is -0.327. The largest absolute Gasteiger partial charge is 0.459 e. The van der Waals surface area contributed by atoms with Crippen LogP contribution in [0, 0.1) is 0 Å². The van der Waals surface area contributed by atoms with Gasteiger partial charge in [-0.3, -0.25) is 0 Å². The SMILES string of the molecule is C=CCC(CO[Si](C)(C)C(C)(C)C)S[C@H]1O[C@H](COC(=O)c2ccccc2)[C@H](OC(=O)c2ccccc2)[C@H](OC(=O)c2ccccc2)[C@H]1OC(=O)c1ccccc1. The third-order valence-electron chi connectivity index (χ3n) is 9.93. The molecule has 6 atom stereocenters. The summed E-state index contributed by atoms with van der Waals surface area (Å²) in [6.07, 6.45) is -3.10. The molecule has 1 aliphatic heterocycles. The van der Waals surface area contributed by atoms with Crippen molar-refractivity contribution in [2.24, 2.45) is 0 Å². The first-order chi connectivity index (χ1) is 27.3. The lowest BCUT2D eigenvalue weighted by molar-refractivity contribution is -0.207. The van der Waals surface area contributed by atoms with E-state index in [-0.39, 0.29) is 27.0 Å². The van der Waals surface area contributed by atoms with Gasteiger partial charge in [-0.05, 0) is 73.1 Å². The molecule has 1 fully saturated rings. The van der Waals surface area contributed by atoms with Crippen molar-refractivity contribution in [3.8, 4) is 0 Å². The van der Waals surface area contributed by atoms with Crippen LogP contribution in [0.4, 0.5) is 0 Å². The molecule has 0 aliphatic carbocycles. The van der Waals surface area contributed by atoms with E-state index in [0.717, 1.165) is 0 Å². The molecule has 1 saturated heterocycles. The second-order valence-electron chi connectivity index (χ2n) is 15.1. The second-order valence-corrected chi connectivity index (χ2v) is 21.3. The Hall–Kier alpha value is -5.01. The molecule has 5 rings (SSSR count). The predicted octanol–water partition coefficient (Wildman–Crippen LogP) is 8.94. The summed E-state index contributed by atoms with van der Waals surface area (Å²) in [7, 11) is -2.21. The molecule has 0 spiro atoms. The molecular formula is C45H50O10SSi. The molecule has 12 heteroatoms. The molecule has 0 radical (unpaired) electrons. The van der Waals surface area contributed by atoms with Gasteiger partial charge in [0.1, 0.15) is 18.1 Å². The Bertz CT molecular complexity index is 1940. The molecule has 0 saturated carbocycles. The summed E-state index contributed by atoms with van der Waals surface area (Å²) < 4.78 is 37.8. The Morgan fingerprint density at radius 1 is 0.667 bits per heavy atom. The molecule has 4 aromatic rings. The Morgan fingerprint density at radius 3 is 1.49 bits per heavy atom. The lowest BCUT2D eigenvalue weighted by atomic mass is 9.98. The molecule has 0 aromatic heterocycles. The number of rotatable bonds is 16. The van der Waals surface area contributed by atoms with Crippen molar-refractivity contribution in [3.05, 3.63) is 156 Å². The molecule has 0 bridgehead atoms. The van der Waals surface area contributed by atoms with Crippen LogP contribution >= 0.6 is 11.8 Å². The Kier molecular flexibility index (Phi) is 15.1. The third kappa shape index (κ3) is 11.8. The van der Waals surface area contributed by atoms with Crippen LogP contribution in [0.2, 0.25) is 18.1 Å². The second kappa shape index (κ2) is 19.9. The van der Waals surface area contributed by atoms with Crippen molar-refractivity contribution >= 4 is 44.0 Å². The van der Waals surface area contributed by atoms with E-state index in [1.165, 1.54) is 11.8 Å². The Labute approximate surface area is 340 Å². The van der Waals surface area contributed by atoms with Crippen molar-refractivity contribution in [3.63, 3.8) is 0 Å². The fourth-order valence-electron chi connectivity index (χ4n) is 5.69. The van der Waals surface area contributed by atoms with Crippen molar-refractivity contribution in [1.82, 2.24) is 0 Å². The van der Waals surface area contributed by atoms with Crippen LogP contribution in [0.15, 0.2) is 134 Å². The van der Waals surface area contributed by atoms with Gasteiger partial charge in [-0.1, -0.05) is 99.6 Å². The number of ether oxygens (including phenoxy) is 5. The van der Waals surface area contributed by atoms with Crippen molar-refractivity contribution in [1.29, 1.82) is 0 Å². The first-order valence-corrected chi connectivity index (χ1v) is 22.7. The highest BCUT2D eigenvalue weighted by molar-refractivity contribution is 8.00. The van der Waals surface area contributed by atoms with E-state index >= 15 is 0 Å². The van der Waals surface area contributed by atoms with E-state index < -0.39 is 68.7 Å². The maximum atomic E-state index is 13.9. The monoisotopic (exact) mass is 810 g/mol. The molecule has 0 N–H and O–H groups in total. The summed E-state index contributed by atoms with van der Waals surface area (Å²) in [5.74, 6) is -2.86. The highest BCUT2D eigenvalue weighted by Crippen LogP contribution is 2.40. The Balaban J connectivity index is 1.59. The van der Waals surface area contributed by atoms with Crippen LogP contribution in [0.3, 0.4) is 0 Å². The van der Waals surface area contributed by atoms with Gasteiger partial charge in [0.25, 0.3) is 0 Å².